The van der Waals surface area contributed by atoms with Crippen molar-refractivity contribution in [2.45, 2.75) is 50.4 Å². The SMILES string of the molecule is COc1ccc(CN2C(=S)N[C@H](c3ccccn3)[C@H]2c2ccn(C3CCCC3)c2)cc1. The smallest absolute Gasteiger partial charge is 0.170 e. The molecule has 6 heteroatoms. The number of rotatable bonds is 6. The number of hydrogen-bond acceptors (Lipinski definition) is 3. The summed E-state index contributed by atoms with van der Waals surface area (Å²) < 4.78 is 7.72. The van der Waals surface area contributed by atoms with E-state index >= 15 is 0 Å². The van der Waals surface area contributed by atoms with Crippen molar-refractivity contribution in [3.8, 4) is 5.75 Å². The predicted octanol–water partition coefficient (Wildman–Crippen LogP) is 5.18. The van der Waals surface area contributed by atoms with E-state index in [0.29, 0.717) is 6.04 Å². The van der Waals surface area contributed by atoms with Crippen molar-refractivity contribution in [1.82, 2.24) is 19.8 Å². The molecule has 1 saturated carbocycles. The molecule has 2 aromatic heterocycles. The Bertz CT molecular complexity index is 1030. The van der Waals surface area contributed by atoms with E-state index in [2.05, 4.69) is 56.4 Å². The minimum atomic E-state index is 0.0198. The molecule has 3 aromatic rings. The Morgan fingerprint density at radius 2 is 1.90 bits per heavy atom. The third-order valence-electron chi connectivity index (χ3n) is 6.53. The van der Waals surface area contributed by atoms with Gasteiger partial charge in [-0.2, -0.15) is 0 Å². The zero-order chi connectivity index (χ0) is 21.2. The summed E-state index contributed by atoms with van der Waals surface area (Å²) in [5.74, 6) is 0.863. The number of methoxy groups -OCH3 is 1. The van der Waals surface area contributed by atoms with Crippen LogP contribution >= 0.6 is 12.2 Å². The van der Waals surface area contributed by atoms with E-state index in [1.54, 1.807) is 7.11 Å². The van der Waals surface area contributed by atoms with Gasteiger partial charge in [0.15, 0.2) is 5.11 Å². The van der Waals surface area contributed by atoms with Crippen LogP contribution in [0.1, 0.15) is 60.6 Å². The lowest BCUT2D eigenvalue weighted by Gasteiger charge is -2.27. The van der Waals surface area contributed by atoms with Gasteiger partial charge in [0.25, 0.3) is 0 Å². The molecule has 0 spiro atoms. The fourth-order valence-corrected chi connectivity index (χ4v) is 5.21. The van der Waals surface area contributed by atoms with E-state index in [1.165, 1.54) is 36.8 Å². The second kappa shape index (κ2) is 8.71. The molecule has 2 atom stereocenters. The van der Waals surface area contributed by atoms with E-state index in [0.717, 1.165) is 23.1 Å². The molecule has 2 aliphatic rings. The zero-order valence-electron chi connectivity index (χ0n) is 17.8. The fourth-order valence-electron chi connectivity index (χ4n) is 4.90. The van der Waals surface area contributed by atoms with Crippen LogP contribution in [0.15, 0.2) is 67.1 Å². The summed E-state index contributed by atoms with van der Waals surface area (Å²) >= 11 is 5.81. The van der Waals surface area contributed by atoms with Crippen molar-refractivity contribution in [3.05, 3.63) is 83.9 Å². The average molecular weight is 433 g/mol. The van der Waals surface area contributed by atoms with E-state index in [-0.39, 0.29) is 12.1 Å². The van der Waals surface area contributed by atoms with Crippen LogP contribution in [-0.4, -0.2) is 26.7 Å². The molecular weight excluding hydrogens is 404 g/mol. The van der Waals surface area contributed by atoms with Gasteiger partial charge >= 0.3 is 0 Å². The lowest BCUT2D eigenvalue weighted by Crippen LogP contribution is -2.29. The Kier molecular flexibility index (Phi) is 5.64. The van der Waals surface area contributed by atoms with Gasteiger partial charge in [0, 0.05) is 31.2 Å². The summed E-state index contributed by atoms with van der Waals surface area (Å²) in [6, 6.07) is 17.3. The van der Waals surface area contributed by atoms with Gasteiger partial charge in [-0.3, -0.25) is 4.98 Å². The van der Waals surface area contributed by atoms with Crippen molar-refractivity contribution < 1.29 is 4.74 Å². The number of hydrogen-bond donors (Lipinski definition) is 1. The Labute approximate surface area is 189 Å². The fraction of sp³-hybridized carbons (Fsp3) is 0.360. The maximum atomic E-state index is 5.81. The van der Waals surface area contributed by atoms with Crippen molar-refractivity contribution in [2.75, 3.05) is 7.11 Å². The van der Waals surface area contributed by atoms with Gasteiger partial charge in [0.05, 0.1) is 24.9 Å². The molecule has 0 amide bonds. The number of nitrogens with one attached hydrogen (secondary N) is 1. The van der Waals surface area contributed by atoms with Gasteiger partial charge in [-0.25, -0.2) is 0 Å². The third kappa shape index (κ3) is 4.04. The van der Waals surface area contributed by atoms with Gasteiger partial charge in [0.2, 0.25) is 0 Å². The molecule has 0 bridgehead atoms. The highest BCUT2D eigenvalue weighted by molar-refractivity contribution is 7.80. The lowest BCUT2D eigenvalue weighted by atomic mass is 9.98. The Hall–Kier alpha value is -2.86. The normalized spacial score (nSPS) is 21.5. The molecule has 0 unspecified atom stereocenters. The average Bonchev–Trinajstić information content (AvgIpc) is 3.56. The van der Waals surface area contributed by atoms with Crippen LogP contribution in [0.3, 0.4) is 0 Å². The molecule has 31 heavy (non-hydrogen) atoms. The number of ether oxygens (including phenoxy) is 1. The van der Waals surface area contributed by atoms with Gasteiger partial charge in [-0.05, 0) is 66.5 Å². The summed E-state index contributed by atoms with van der Waals surface area (Å²) in [6.45, 7) is 0.735. The summed E-state index contributed by atoms with van der Waals surface area (Å²) in [5.41, 5.74) is 3.50. The number of nitrogens with zero attached hydrogens (tertiary/aromatic N) is 3. The van der Waals surface area contributed by atoms with E-state index in [4.69, 9.17) is 17.0 Å². The first-order valence-corrected chi connectivity index (χ1v) is 11.4. The molecule has 2 fully saturated rings. The van der Waals surface area contributed by atoms with Crippen LogP contribution < -0.4 is 10.1 Å². The number of thiocarbonyl (C=S) groups is 1. The maximum Gasteiger partial charge on any atom is 0.170 e. The number of pyridine rings is 1. The molecule has 1 aliphatic heterocycles. The highest BCUT2D eigenvalue weighted by atomic mass is 32.1. The first kappa shape index (κ1) is 20.1. The lowest BCUT2D eigenvalue weighted by molar-refractivity contribution is 0.310. The van der Waals surface area contributed by atoms with Gasteiger partial charge in [-0.15, -0.1) is 0 Å². The summed E-state index contributed by atoms with van der Waals surface area (Å²) in [4.78, 5) is 6.94. The van der Waals surface area contributed by atoms with Crippen LogP contribution in [0.25, 0.3) is 0 Å². The molecule has 0 radical (unpaired) electrons. The quantitative estimate of drug-likeness (QED) is 0.544. The molecule has 160 valence electrons. The number of aromatic nitrogens is 2. The second-order valence-electron chi connectivity index (χ2n) is 8.43. The summed E-state index contributed by atoms with van der Waals surface area (Å²) in [5, 5.41) is 4.32. The van der Waals surface area contributed by atoms with Crippen LogP contribution in [-0.2, 0) is 6.54 Å². The van der Waals surface area contributed by atoms with E-state index < -0.39 is 0 Å². The predicted molar refractivity (Wildman–Crippen MR) is 126 cm³/mol. The topological polar surface area (TPSA) is 42.3 Å². The van der Waals surface area contributed by atoms with Gasteiger partial charge in [-0.1, -0.05) is 31.0 Å². The van der Waals surface area contributed by atoms with E-state index in [1.807, 2.05) is 30.5 Å². The zero-order valence-corrected chi connectivity index (χ0v) is 18.6. The minimum absolute atomic E-state index is 0.0198. The first-order chi connectivity index (χ1) is 15.2. The van der Waals surface area contributed by atoms with Crippen LogP contribution in [0.2, 0.25) is 0 Å². The molecule has 1 aliphatic carbocycles. The molecule has 1 saturated heterocycles. The Balaban J connectivity index is 1.48. The third-order valence-corrected chi connectivity index (χ3v) is 6.89. The highest BCUT2D eigenvalue weighted by Crippen LogP contribution is 2.40. The molecule has 1 N–H and O–H groups in total. The second-order valence-corrected chi connectivity index (χ2v) is 8.82. The maximum absolute atomic E-state index is 5.81. The molecule has 5 rings (SSSR count). The molecule has 3 heterocycles. The summed E-state index contributed by atoms with van der Waals surface area (Å²) in [6.07, 6.45) is 11.6. The van der Waals surface area contributed by atoms with Crippen molar-refractivity contribution in [1.29, 1.82) is 0 Å². The van der Waals surface area contributed by atoms with E-state index in [9.17, 15) is 0 Å². The minimum Gasteiger partial charge on any atom is -0.497 e. The molecule has 5 nitrogen and oxygen atoms in total. The highest BCUT2D eigenvalue weighted by Gasteiger charge is 2.40. The number of benzene rings is 1. The molecular formula is C25H28N4OS. The largest absolute Gasteiger partial charge is 0.497 e. The monoisotopic (exact) mass is 432 g/mol. The Morgan fingerprint density at radius 1 is 1.10 bits per heavy atom. The summed E-state index contributed by atoms with van der Waals surface area (Å²) in [7, 11) is 1.69. The van der Waals surface area contributed by atoms with Gasteiger partial charge < -0.3 is 19.5 Å². The van der Waals surface area contributed by atoms with Crippen LogP contribution in [0.5, 0.6) is 5.75 Å². The Morgan fingerprint density at radius 3 is 2.61 bits per heavy atom. The van der Waals surface area contributed by atoms with Crippen molar-refractivity contribution >= 4 is 17.3 Å². The van der Waals surface area contributed by atoms with Crippen molar-refractivity contribution in [3.63, 3.8) is 0 Å². The molecule has 1 aromatic carbocycles. The van der Waals surface area contributed by atoms with Gasteiger partial charge in [0.1, 0.15) is 5.75 Å². The van der Waals surface area contributed by atoms with Crippen molar-refractivity contribution in [2.24, 2.45) is 0 Å². The van der Waals surface area contributed by atoms with Crippen LogP contribution in [0.4, 0.5) is 0 Å². The van der Waals surface area contributed by atoms with Crippen LogP contribution in [0, 0.1) is 0 Å². The first-order valence-electron chi connectivity index (χ1n) is 11.0. The standard InChI is InChI=1S/C25H28N4OS/c1-30-21-11-9-18(10-12-21)16-29-24(19-13-15-28(17-19)20-6-2-3-7-20)23(27-25(29)31)22-8-4-5-14-26-22/h4-5,8-15,17,20,23-24H,2-3,6-7,16H2,1H3,(H,27,31)/t23-,24-/m1/s1.